The minimum atomic E-state index is -4.50. The summed E-state index contributed by atoms with van der Waals surface area (Å²) in [7, 11) is 0. The maximum absolute atomic E-state index is 13.0. The van der Waals surface area contributed by atoms with Crippen molar-refractivity contribution in [1.29, 1.82) is 5.26 Å². The van der Waals surface area contributed by atoms with Crippen LogP contribution in [0.1, 0.15) is 51.7 Å². The summed E-state index contributed by atoms with van der Waals surface area (Å²) in [6, 6.07) is 6.48. The Kier molecular flexibility index (Phi) is 7.25. The van der Waals surface area contributed by atoms with Crippen molar-refractivity contribution in [3.05, 3.63) is 35.4 Å². The number of nitrogens with zero attached hydrogens (tertiary/aromatic N) is 2. The quantitative estimate of drug-likeness (QED) is 0.636. The molecule has 0 spiro atoms. The summed E-state index contributed by atoms with van der Waals surface area (Å²) in [5.74, 6) is -1.94. The van der Waals surface area contributed by atoms with Crippen molar-refractivity contribution in [3.8, 4) is 6.07 Å². The van der Waals surface area contributed by atoms with Crippen LogP contribution in [-0.2, 0) is 25.9 Å². The fourth-order valence-electron chi connectivity index (χ4n) is 3.78. The number of carbonyl (C=O) groups excluding carboxylic acids is 2. The highest BCUT2D eigenvalue weighted by Crippen LogP contribution is 2.43. The monoisotopic (exact) mass is 440 g/mol. The number of piperidine rings is 1. The van der Waals surface area contributed by atoms with Crippen LogP contribution in [0, 0.1) is 17.2 Å². The third-order valence-electron chi connectivity index (χ3n) is 5.30. The summed E-state index contributed by atoms with van der Waals surface area (Å²) < 4.78 is 49.5. The second kappa shape index (κ2) is 9.16. The van der Waals surface area contributed by atoms with Crippen LogP contribution in [0.15, 0.2) is 24.3 Å². The van der Waals surface area contributed by atoms with Gasteiger partial charge in [-0.1, -0.05) is 12.1 Å². The molecule has 31 heavy (non-hydrogen) atoms. The molecular formula is C22H27F3N2O4. The average Bonchev–Trinajstić information content (AvgIpc) is 2.67. The Bertz CT molecular complexity index is 830. The number of alkyl halides is 3. The zero-order valence-corrected chi connectivity index (χ0v) is 18.1. The van der Waals surface area contributed by atoms with Gasteiger partial charge in [0.1, 0.15) is 5.60 Å². The molecule has 6 nitrogen and oxygen atoms in total. The van der Waals surface area contributed by atoms with Crippen LogP contribution < -0.4 is 0 Å². The zero-order chi connectivity index (χ0) is 23.4. The number of hydrogen-bond donors (Lipinski definition) is 0. The van der Waals surface area contributed by atoms with Crippen LogP contribution in [0.25, 0.3) is 0 Å². The number of hydrogen-bond acceptors (Lipinski definition) is 5. The van der Waals surface area contributed by atoms with Crippen molar-refractivity contribution < 1.29 is 32.2 Å². The Morgan fingerprint density at radius 2 is 1.71 bits per heavy atom. The van der Waals surface area contributed by atoms with Crippen molar-refractivity contribution in [1.82, 2.24) is 4.90 Å². The molecule has 1 aromatic rings. The van der Waals surface area contributed by atoms with Gasteiger partial charge in [-0.15, -0.1) is 0 Å². The summed E-state index contributed by atoms with van der Waals surface area (Å²) in [6.45, 7) is 7.29. The van der Waals surface area contributed by atoms with Crippen LogP contribution in [0.3, 0.4) is 0 Å². The molecule has 0 N–H and O–H groups in total. The van der Waals surface area contributed by atoms with Crippen LogP contribution in [0.4, 0.5) is 18.0 Å². The molecule has 0 aliphatic carbocycles. The Hall–Kier alpha value is -2.76. The number of carbonyl (C=O) groups is 2. The minimum Gasteiger partial charge on any atom is -0.465 e. The van der Waals surface area contributed by atoms with Gasteiger partial charge in [-0.05, 0) is 58.2 Å². The van der Waals surface area contributed by atoms with Crippen molar-refractivity contribution in [2.45, 2.75) is 57.7 Å². The summed E-state index contributed by atoms with van der Waals surface area (Å²) in [4.78, 5) is 26.4. The molecule has 1 unspecified atom stereocenters. The van der Waals surface area contributed by atoms with E-state index < -0.39 is 40.7 Å². The van der Waals surface area contributed by atoms with E-state index in [1.165, 1.54) is 17.0 Å². The molecule has 0 radical (unpaired) electrons. The largest absolute Gasteiger partial charge is 0.465 e. The third kappa shape index (κ3) is 5.69. The van der Waals surface area contributed by atoms with Gasteiger partial charge in [0.05, 0.1) is 18.2 Å². The first-order chi connectivity index (χ1) is 14.3. The van der Waals surface area contributed by atoms with Gasteiger partial charge in [-0.25, -0.2) is 4.79 Å². The second-order valence-corrected chi connectivity index (χ2v) is 8.51. The lowest BCUT2D eigenvalue weighted by atomic mass is 9.64. The zero-order valence-electron chi connectivity index (χ0n) is 18.1. The molecular weight excluding hydrogens is 413 g/mol. The van der Waals surface area contributed by atoms with E-state index in [0.717, 1.165) is 12.1 Å². The number of amides is 1. The molecule has 1 fully saturated rings. The summed E-state index contributed by atoms with van der Waals surface area (Å²) in [6.07, 6.45) is -4.61. The Morgan fingerprint density at radius 1 is 1.16 bits per heavy atom. The fraction of sp³-hybridized carbons (Fsp3) is 0.591. The maximum atomic E-state index is 13.0. The lowest BCUT2D eigenvalue weighted by molar-refractivity contribution is -0.149. The maximum Gasteiger partial charge on any atom is 0.416 e. The van der Waals surface area contributed by atoms with Gasteiger partial charge in [0.15, 0.2) is 5.92 Å². The number of esters is 1. The van der Waals surface area contributed by atoms with E-state index in [2.05, 4.69) is 0 Å². The number of halogens is 3. The average molecular weight is 440 g/mol. The second-order valence-electron chi connectivity index (χ2n) is 8.51. The van der Waals surface area contributed by atoms with Gasteiger partial charge >= 0.3 is 18.2 Å². The molecule has 0 aromatic heterocycles. The highest BCUT2D eigenvalue weighted by molar-refractivity contribution is 5.78. The van der Waals surface area contributed by atoms with Gasteiger partial charge in [0.25, 0.3) is 0 Å². The standard InChI is InChI=1S/C22H27F3N2O4/c1-5-30-18(28)17(14-26)21(15-6-8-16(9-7-15)22(23,24)25)10-12-27(13-11-21)19(29)31-20(2,3)4/h6-9,17H,5,10-13H2,1-4H3. The molecule has 170 valence electrons. The number of benzene rings is 1. The number of likely N-dealkylation sites (tertiary alicyclic amines) is 1. The van der Waals surface area contributed by atoms with Crippen LogP contribution in [-0.4, -0.2) is 42.3 Å². The predicted molar refractivity (Wildman–Crippen MR) is 106 cm³/mol. The van der Waals surface area contributed by atoms with E-state index >= 15 is 0 Å². The molecule has 1 atom stereocenters. The van der Waals surface area contributed by atoms with Gasteiger partial charge in [0.2, 0.25) is 0 Å². The highest BCUT2D eigenvalue weighted by Gasteiger charge is 2.48. The molecule has 2 rings (SSSR count). The number of rotatable bonds is 4. The van der Waals surface area contributed by atoms with Crippen molar-refractivity contribution in [2.75, 3.05) is 19.7 Å². The SMILES string of the molecule is CCOC(=O)C(C#N)C1(c2ccc(C(F)(F)F)cc2)CCN(C(=O)OC(C)(C)C)CC1. The van der Waals surface area contributed by atoms with Gasteiger partial charge in [-0.3, -0.25) is 4.79 Å². The fourth-order valence-corrected chi connectivity index (χ4v) is 3.78. The number of nitriles is 1. The van der Waals surface area contributed by atoms with Crippen LogP contribution in [0.5, 0.6) is 0 Å². The Balaban J connectivity index is 2.38. The first kappa shape index (κ1) is 24.5. The lowest BCUT2D eigenvalue weighted by Crippen LogP contribution is -2.51. The smallest absolute Gasteiger partial charge is 0.416 e. The topological polar surface area (TPSA) is 79.6 Å². The lowest BCUT2D eigenvalue weighted by Gasteiger charge is -2.44. The molecule has 1 aliphatic rings. The molecule has 1 amide bonds. The van der Waals surface area contributed by atoms with Crippen molar-refractivity contribution >= 4 is 12.1 Å². The first-order valence-corrected chi connectivity index (χ1v) is 10.1. The van der Waals surface area contributed by atoms with Gasteiger partial charge < -0.3 is 14.4 Å². The normalized spacial score (nSPS) is 17.4. The molecule has 1 aliphatic heterocycles. The van der Waals surface area contributed by atoms with Crippen molar-refractivity contribution in [2.24, 2.45) is 5.92 Å². The molecule has 0 bridgehead atoms. The van der Waals surface area contributed by atoms with E-state index in [1.54, 1.807) is 27.7 Å². The molecule has 1 saturated heterocycles. The van der Waals surface area contributed by atoms with Crippen LogP contribution >= 0.6 is 0 Å². The molecule has 1 heterocycles. The molecule has 0 saturated carbocycles. The Labute approximate surface area is 179 Å². The summed E-state index contributed by atoms with van der Waals surface area (Å²) in [5.41, 5.74) is -2.14. The highest BCUT2D eigenvalue weighted by atomic mass is 19.4. The van der Waals surface area contributed by atoms with E-state index in [9.17, 15) is 28.0 Å². The van der Waals surface area contributed by atoms with Gasteiger partial charge in [0, 0.05) is 18.5 Å². The van der Waals surface area contributed by atoms with E-state index in [4.69, 9.17) is 9.47 Å². The van der Waals surface area contributed by atoms with Crippen LogP contribution in [0.2, 0.25) is 0 Å². The predicted octanol–water partition coefficient (Wildman–Crippen LogP) is 4.68. The van der Waals surface area contributed by atoms with E-state index in [0.29, 0.717) is 5.56 Å². The molecule has 9 heteroatoms. The first-order valence-electron chi connectivity index (χ1n) is 10.1. The van der Waals surface area contributed by atoms with E-state index in [-0.39, 0.29) is 32.5 Å². The van der Waals surface area contributed by atoms with E-state index in [1.807, 2.05) is 6.07 Å². The third-order valence-corrected chi connectivity index (χ3v) is 5.30. The minimum absolute atomic E-state index is 0.0736. The molecule has 1 aromatic carbocycles. The summed E-state index contributed by atoms with van der Waals surface area (Å²) in [5, 5.41) is 9.78. The van der Waals surface area contributed by atoms with Crippen molar-refractivity contribution in [3.63, 3.8) is 0 Å². The Morgan fingerprint density at radius 3 is 2.13 bits per heavy atom. The van der Waals surface area contributed by atoms with Gasteiger partial charge in [-0.2, -0.15) is 18.4 Å². The summed E-state index contributed by atoms with van der Waals surface area (Å²) >= 11 is 0. The number of ether oxygens (including phenoxy) is 2.